The second-order valence-electron chi connectivity index (χ2n) is 5.21. The third-order valence-electron chi connectivity index (χ3n) is 3.81. The number of hydrogen-bond donors (Lipinski definition) is 1. The molecule has 2 aliphatic heterocycles. The summed E-state index contributed by atoms with van der Waals surface area (Å²) >= 11 is 0. The van der Waals surface area contributed by atoms with Crippen molar-refractivity contribution in [2.75, 3.05) is 19.6 Å². The Kier molecular flexibility index (Phi) is 3.81. The molecule has 2 fully saturated rings. The molecule has 86 valence electrons. The molecule has 15 heavy (non-hydrogen) atoms. The van der Waals surface area contributed by atoms with Gasteiger partial charge in [0, 0.05) is 12.1 Å². The van der Waals surface area contributed by atoms with E-state index in [4.69, 9.17) is 0 Å². The van der Waals surface area contributed by atoms with Crippen LogP contribution in [-0.4, -0.2) is 36.6 Å². The second-order valence-corrected chi connectivity index (χ2v) is 5.21. The average molecular weight is 208 g/mol. The van der Waals surface area contributed by atoms with Crippen molar-refractivity contribution in [3.05, 3.63) is 12.2 Å². The zero-order valence-electron chi connectivity index (χ0n) is 9.97. The lowest BCUT2D eigenvalue weighted by Crippen LogP contribution is -2.45. The van der Waals surface area contributed by atoms with Gasteiger partial charge in [-0.3, -0.25) is 0 Å². The van der Waals surface area contributed by atoms with Crippen molar-refractivity contribution < 1.29 is 0 Å². The van der Waals surface area contributed by atoms with Gasteiger partial charge in [0.05, 0.1) is 0 Å². The summed E-state index contributed by atoms with van der Waals surface area (Å²) in [7, 11) is 0. The molecule has 0 saturated carbocycles. The monoisotopic (exact) mass is 208 g/mol. The SMILES string of the molecule is C=C(C)CCNC1CCN2CCCC2C1. The highest BCUT2D eigenvalue weighted by atomic mass is 15.2. The first-order chi connectivity index (χ1) is 7.25. The fourth-order valence-corrected chi connectivity index (χ4v) is 2.90. The van der Waals surface area contributed by atoms with Crippen molar-refractivity contribution in [1.29, 1.82) is 0 Å². The number of nitrogens with zero attached hydrogens (tertiary/aromatic N) is 1. The van der Waals surface area contributed by atoms with Gasteiger partial charge in [-0.25, -0.2) is 0 Å². The van der Waals surface area contributed by atoms with E-state index in [0.717, 1.165) is 25.0 Å². The number of nitrogens with one attached hydrogen (secondary N) is 1. The van der Waals surface area contributed by atoms with Crippen LogP contribution in [-0.2, 0) is 0 Å². The zero-order valence-corrected chi connectivity index (χ0v) is 9.97. The van der Waals surface area contributed by atoms with E-state index < -0.39 is 0 Å². The van der Waals surface area contributed by atoms with Crippen molar-refractivity contribution in [2.45, 2.75) is 51.1 Å². The smallest absolute Gasteiger partial charge is 0.0111 e. The summed E-state index contributed by atoms with van der Waals surface area (Å²) in [4.78, 5) is 2.68. The lowest BCUT2D eigenvalue weighted by Gasteiger charge is -2.35. The number of fused-ring (bicyclic) bond motifs is 1. The number of hydrogen-bond acceptors (Lipinski definition) is 2. The van der Waals surface area contributed by atoms with Gasteiger partial charge >= 0.3 is 0 Å². The second kappa shape index (κ2) is 5.13. The van der Waals surface area contributed by atoms with Crippen LogP contribution in [0.4, 0.5) is 0 Å². The molecule has 0 aliphatic carbocycles. The molecule has 2 rings (SSSR count). The Bertz CT molecular complexity index is 225. The minimum absolute atomic E-state index is 0.767. The van der Waals surface area contributed by atoms with Crippen LogP contribution < -0.4 is 5.32 Å². The normalized spacial score (nSPS) is 31.5. The lowest BCUT2D eigenvalue weighted by atomic mass is 9.97. The van der Waals surface area contributed by atoms with Crippen molar-refractivity contribution in [3.63, 3.8) is 0 Å². The van der Waals surface area contributed by atoms with E-state index in [1.165, 1.54) is 44.3 Å². The standard InChI is InChI=1S/C13H24N2/c1-11(2)5-7-14-12-6-9-15-8-3-4-13(15)10-12/h12-14H,1,3-10H2,2H3. The summed E-state index contributed by atoms with van der Waals surface area (Å²) in [6.45, 7) is 9.84. The van der Waals surface area contributed by atoms with Gasteiger partial charge < -0.3 is 10.2 Å². The molecule has 0 spiro atoms. The van der Waals surface area contributed by atoms with E-state index in [1.807, 2.05) is 0 Å². The van der Waals surface area contributed by atoms with Gasteiger partial charge in [0.25, 0.3) is 0 Å². The Morgan fingerprint density at radius 3 is 3.07 bits per heavy atom. The summed E-state index contributed by atoms with van der Waals surface area (Å²) in [6.07, 6.45) is 6.69. The van der Waals surface area contributed by atoms with Crippen LogP contribution in [0.25, 0.3) is 0 Å². The van der Waals surface area contributed by atoms with Gasteiger partial charge in [-0.05, 0) is 58.7 Å². The van der Waals surface area contributed by atoms with Crippen molar-refractivity contribution in [2.24, 2.45) is 0 Å². The highest BCUT2D eigenvalue weighted by Crippen LogP contribution is 2.26. The molecule has 0 radical (unpaired) electrons. The van der Waals surface area contributed by atoms with Gasteiger partial charge in [0.15, 0.2) is 0 Å². The Balaban J connectivity index is 1.68. The third kappa shape index (κ3) is 3.05. The molecule has 2 heterocycles. The van der Waals surface area contributed by atoms with E-state index in [9.17, 15) is 0 Å². The Morgan fingerprint density at radius 2 is 2.27 bits per heavy atom. The fraction of sp³-hybridized carbons (Fsp3) is 0.846. The maximum atomic E-state index is 3.94. The maximum absolute atomic E-state index is 3.94. The molecule has 2 saturated heterocycles. The topological polar surface area (TPSA) is 15.3 Å². The predicted octanol–water partition coefficient (Wildman–Crippen LogP) is 2.17. The van der Waals surface area contributed by atoms with E-state index >= 15 is 0 Å². The van der Waals surface area contributed by atoms with E-state index in [0.29, 0.717) is 0 Å². The van der Waals surface area contributed by atoms with Crippen molar-refractivity contribution in [3.8, 4) is 0 Å². The molecule has 2 atom stereocenters. The van der Waals surface area contributed by atoms with Crippen molar-refractivity contribution in [1.82, 2.24) is 10.2 Å². The molecule has 2 aliphatic rings. The minimum Gasteiger partial charge on any atom is -0.314 e. The Labute approximate surface area is 93.7 Å². The molecule has 2 unspecified atom stereocenters. The quantitative estimate of drug-likeness (QED) is 0.712. The van der Waals surface area contributed by atoms with Crippen LogP contribution in [0.2, 0.25) is 0 Å². The first kappa shape index (κ1) is 11.2. The number of piperidine rings is 1. The van der Waals surface area contributed by atoms with E-state index in [2.05, 4.69) is 23.7 Å². The van der Waals surface area contributed by atoms with Gasteiger partial charge in [0.2, 0.25) is 0 Å². The molecule has 0 aromatic heterocycles. The molecule has 1 N–H and O–H groups in total. The van der Waals surface area contributed by atoms with Gasteiger partial charge in [-0.15, -0.1) is 6.58 Å². The van der Waals surface area contributed by atoms with Gasteiger partial charge in [0.1, 0.15) is 0 Å². The van der Waals surface area contributed by atoms with E-state index in [-0.39, 0.29) is 0 Å². The largest absolute Gasteiger partial charge is 0.314 e. The van der Waals surface area contributed by atoms with Crippen LogP contribution in [0, 0.1) is 0 Å². The molecule has 0 amide bonds. The lowest BCUT2D eigenvalue weighted by molar-refractivity contribution is 0.167. The molecular formula is C13H24N2. The zero-order chi connectivity index (χ0) is 10.7. The van der Waals surface area contributed by atoms with Crippen LogP contribution in [0.5, 0.6) is 0 Å². The third-order valence-corrected chi connectivity index (χ3v) is 3.81. The van der Waals surface area contributed by atoms with Crippen molar-refractivity contribution >= 4 is 0 Å². The molecular weight excluding hydrogens is 184 g/mol. The van der Waals surface area contributed by atoms with Crippen LogP contribution in [0.15, 0.2) is 12.2 Å². The summed E-state index contributed by atoms with van der Waals surface area (Å²) in [5.41, 5.74) is 1.29. The highest BCUT2D eigenvalue weighted by molar-refractivity contribution is 4.91. The highest BCUT2D eigenvalue weighted by Gasteiger charge is 2.31. The predicted molar refractivity (Wildman–Crippen MR) is 65.1 cm³/mol. The summed E-state index contributed by atoms with van der Waals surface area (Å²) in [5.74, 6) is 0. The van der Waals surface area contributed by atoms with E-state index in [1.54, 1.807) is 0 Å². The van der Waals surface area contributed by atoms with Gasteiger partial charge in [-0.2, -0.15) is 0 Å². The summed E-state index contributed by atoms with van der Waals surface area (Å²) < 4.78 is 0. The van der Waals surface area contributed by atoms with Gasteiger partial charge in [-0.1, -0.05) is 5.57 Å². The molecule has 2 heteroatoms. The Hall–Kier alpha value is -0.340. The number of rotatable bonds is 4. The Morgan fingerprint density at radius 1 is 1.40 bits per heavy atom. The fourth-order valence-electron chi connectivity index (χ4n) is 2.90. The summed E-state index contributed by atoms with van der Waals surface area (Å²) in [6, 6.07) is 1.66. The van der Waals surface area contributed by atoms with Crippen LogP contribution >= 0.6 is 0 Å². The first-order valence-electron chi connectivity index (χ1n) is 6.37. The van der Waals surface area contributed by atoms with Crippen LogP contribution in [0.1, 0.15) is 39.0 Å². The first-order valence-corrected chi connectivity index (χ1v) is 6.37. The average Bonchev–Trinajstić information content (AvgIpc) is 2.64. The molecule has 0 bridgehead atoms. The molecule has 0 aromatic rings. The molecule has 2 nitrogen and oxygen atoms in total. The summed E-state index contributed by atoms with van der Waals surface area (Å²) in [5, 5.41) is 3.68. The maximum Gasteiger partial charge on any atom is 0.0111 e. The van der Waals surface area contributed by atoms with Crippen LogP contribution in [0.3, 0.4) is 0 Å². The minimum atomic E-state index is 0.767. The molecule has 0 aromatic carbocycles.